The average Bonchev–Trinajstić information content (AvgIpc) is 2.03. The van der Waals surface area contributed by atoms with Gasteiger partial charge in [0.25, 0.3) is 0 Å². The Kier molecular flexibility index (Phi) is 2.14. The number of hydrogen-bond acceptors (Lipinski definition) is 4. The van der Waals surface area contributed by atoms with Crippen LogP contribution in [0.25, 0.3) is 0 Å². The number of aromatic carboxylic acids is 1. The van der Waals surface area contributed by atoms with Crippen molar-refractivity contribution in [3.63, 3.8) is 0 Å². The second kappa shape index (κ2) is 3.08. The molecule has 0 amide bonds. The van der Waals surface area contributed by atoms with Gasteiger partial charge in [0.2, 0.25) is 0 Å². The maximum Gasteiger partial charge on any atom is 0.354 e. The number of carbonyl (C=O) groups is 2. The molecule has 0 radical (unpaired) electrons. The number of carbonyl (C=O) groups excluding carboxylic acids is 1. The van der Waals surface area contributed by atoms with Gasteiger partial charge in [-0.2, -0.15) is 0 Å². The minimum Gasteiger partial charge on any atom is -0.477 e. The second-order valence-corrected chi connectivity index (χ2v) is 2.18. The molecule has 0 unspecified atom stereocenters. The van der Waals surface area contributed by atoms with Crippen LogP contribution in [0, 0.1) is 6.92 Å². The third kappa shape index (κ3) is 1.63. The molecule has 0 atom stereocenters. The van der Waals surface area contributed by atoms with Crippen molar-refractivity contribution < 1.29 is 14.7 Å². The van der Waals surface area contributed by atoms with Crippen molar-refractivity contribution in [1.29, 1.82) is 0 Å². The first-order valence-electron chi connectivity index (χ1n) is 3.17. The van der Waals surface area contributed by atoms with Crippen LogP contribution in [-0.2, 0) is 0 Å². The molecule has 0 spiro atoms. The molecule has 0 fully saturated rings. The van der Waals surface area contributed by atoms with Gasteiger partial charge in [-0.05, 0) is 13.0 Å². The summed E-state index contributed by atoms with van der Waals surface area (Å²) in [6.07, 6.45) is 0.416. The van der Waals surface area contributed by atoms with E-state index in [2.05, 4.69) is 9.97 Å². The Morgan fingerprint density at radius 1 is 1.58 bits per heavy atom. The van der Waals surface area contributed by atoms with E-state index in [4.69, 9.17) is 5.11 Å². The number of nitrogens with zero attached hydrogens (tertiary/aromatic N) is 2. The van der Waals surface area contributed by atoms with Gasteiger partial charge in [0.05, 0.1) is 0 Å². The Morgan fingerprint density at radius 2 is 2.25 bits per heavy atom. The molecule has 0 aromatic carbocycles. The molecule has 5 nitrogen and oxygen atoms in total. The van der Waals surface area contributed by atoms with E-state index >= 15 is 0 Å². The molecule has 1 aromatic heterocycles. The van der Waals surface area contributed by atoms with E-state index in [1.165, 1.54) is 6.07 Å². The van der Waals surface area contributed by atoms with E-state index in [1.54, 1.807) is 6.92 Å². The lowest BCUT2D eigenvalue weighted by atomic mass is 10.3. The first-order valence-corrected chi connectivity index (χ1v) is 3.17. The molecule has 12 heavy (non-hydrogen) atoms. The molecule has 0 bridgehead atoms. The maximum absolute atomic E-state index is 10.4. The summed E-state index contributed by atoms with van der Waals surface area (Å²) < 4.78 is 0. The number of carboxylic acids is 1. The lowest BCUT2D eigenvalue weighted by Gasteiger charge is -1.96. The molecule has 0 saturated carbocycles. The zero-order valence-electron chi connectivity index (χ0n) is 6.31. The molecule has 0 saturated heterocycles. The fraction of sp³-hybridized carbons (Fsp3) is 0.143. The molecule has 5 heteroatoms. The van der Waals surface area contributed by atoms with E-state index in [1.807, 2.05) is 0 Å². The fourth-order valence-electron chi connectivity index (χ4n) is 0.754. The van der Waals surface area contributed by atoms with E-state index in [-0.39, 0.29) is 11.5 Å². The summed E-state index contributed by atoms with van der Waals surface area (Å²) in [6, 6.07) is 1.30. The molecular weight excluding hydrogens is 160 g/mol. The third-order valence-corrected chi connectivity index (χ3v) is 1.20. The molecule has 1 N–H and O–H groups in total. The standard InChI is InChI=1S/C7H6N2O3/c1-4-2-5(7(11)12)9-6(3-10)8-4/h2-3H,1H3,(H,11,12). The number of aldehydes is 1. The van der Waals surface area contributed by atoms with Crippen molar-refractivity contribution in [1.82, 2.24) is 9.97 Å². The molecule has 62 valence electrons. The average molecular weight is 166 g/mol. The number of aryl methyl sites for hydroxylation is 1. The summed E-state index contributed by atoms with van der Waals surface area (Å²) in [5, 5.41) is 8.52. The predicted octanol–water partition coefficient (Wildman–Crippen LogP) is 0.296. The van der Waals surface area contributed by atoms with Crippen molar-refractivity contribution >= 4 is 12.3 Å². The Morgan fingerprint density at radius 3 is 2.75 bits per heavy atom. The number of hydrogen-bond donors (Lipinski definition) is 1. The predicted molar refractivity (Wildman–Crippen MR) is 39.1 cm³/mol. The van der Waals surface area contributed by atoms with Gasteiger partial charge in [-0.25, -0.2) is 14.8 Å². The molecule has 0 aliphatic carbocycles. The van der Waals surface area contributed by atoms with E-state index in [0.29, 0.717) is 12.0 Å². The summed E-state index contributed by atoms with van der Waals surface area (Å²) in [4.78, 5) is 27.8. The largest absolute Gasteiger partial charge is 0.477 e. The van der Waals surface area contributed by atoms with Gasteiger partial charge in [0.1, 0.15) is 0 Å². The SMILES string of the molecule is Cc1cc(C(=O)O)nc(C=O)n1. The highest BCUT2D eigenvalue weighted by molar-refractivity contribution is 5.86. The normalized spacial score (nSPS) is 9.42. The molecule has 1 aromatic rings. The van der Waals surface area contributed by atoms with Crippen LogP contribution in [0.15, 0.2) is 6.07 Å². The van der Waals surface area contributed by atoms with Gasteiger partial charge in [0, 0.05) is 5.69 Å². The van der Waals surface area contributed by atoms with Crippen molar-refractivity contribution in [2.24, 2.45) is 0 Å². The van der Waals surface area contributed by atoms with Crippen LogP contribution in [0.3, 0.4) is 0 Å². The van der Waals surface area contributed by atoms with Gasteiger partial charge in [-0.3, -0.25) is 4.79 Å². The molecule has 0 aliphatic rings. The van der Waals surface area contributed by atoms with Crippen LogP contribution in [0.4, 0.5) is 0 Å². The summed E-state index contributed by atoms with van der Waals surface area (Å²) in [7, 11) is 0. The van der Waals surface area contributed by atoms with E-state index in [9.17, 15) is 9.59 Å². The highest BCUT2D eigenvalue weighted by Gasteiger charge is 2.07. The number of rotatable bonds is 2. The van der Waals surface area contributed by atoms with Gasteiger partial charge in [-0.1, -0.05) is 0 Å². The van der Waals surface area contributed by atoms with Crippen molar-refractivity contribution in [2.45, 2.75) is 6.92 Å². The quantitative estimate of drug-likeness (QED) is 0.639. The lowest BCUT2D eigenvalue weighted by molar-refractivity contribution is 0.0690. The lowest BCUT2D eigenvalue weighted by Crippen LogP contribution is -2.05. The van der Waals surface area contributed by atoms with Crippen molar-refractivity contribution in [2.75, 3.05) is 0 Å². The highest BCUT2D eigenvalue weighted by Crippen LogP contribution is 1.98. The van der Waals surface area contributed by atoms with E-state index in [0.717, 1.165) is 0 Å². The van der Waals surface area contributed by atoms with Gasteiger partial charge in [0.15, 0.2) is 17.8 Å². The van der Waals surface area contributed by atoms with Crippen LogP contribution < -0.4 is 0 Å². The third-order valence-electron chi connectivity index (χ3n) is 1.20. The topological polar surface area (TPSA) is 80.1 Å². The molecular formula is C7H6N2O3. The first-order chi connectivity index (χ1) is 5.63. The maximum atomic E-state index is 10.4. The molecule has 1 heterocycles. The van der Waals surface area contributed by atoms with Crippen LogP contribution in [0.5, 0.6) is 0 Å². The second-order valence-electron chi connectivity index (χ2n) is 2.18. The minimum absolute atomic E-state index is 0.104. The van der Waals surface area contributed by atoms with E-state index < -0.39 is 5.97 Å². The molecule has 0 aliphatic heterocycles. The zero-order chi connectivity index (χ0) is 9.14. The van der Waals surface area contributed by atoms with Crippen LogP contribution >= 0.6 is 0 Å². The Hall–Kier alpha value is -1.78. The monoisotopic (exact) mass is 166 g/mol. The molecule has 1 rings (SSSR count). The smallest absolute Gasteiger partial charge is 0.354 e. The Balaban J connectivity index is 3.23. The van der Waals surface area contributed by atoms with Crippen LogP contribution in [-0.4, -0.2) is 27.3 Å². The summed E-state index contributed by atoms with van der Waals surface area (Å²) in [5.74, 6) is -1.27. The summed E-state index contributed by atoms with van der Waals surface area (Å²) in [5.41, 5.74) is 0.300. The van der Waals surface area contributed by atoms with Crippen LogP contribution in [0.1, 0.15) is 26.8 Å². The Bertz CT molecular complexity index is 335. The summed E-state index contributed by atoms with van der Waals surface area (Å²) >= 11 is 0. The zero-order valence-corrected chi connectivity index (χ0v) is 6.31. The fourth-order valence-corrected chi connectivity index (χ4v) is 0.754. The number of carboxylic acid groups (broad SMARTS) is 1. The Labute approximate surface area is 68.1 Å². The van der Waals surface area contributed by atoms with Crippen LogP contribution in [0.2, 0.25) is 0 Å². The summed E-state index contributed by atoms with van der Waals surface area (Å²) in [6.45, 7) is 1.60. The highest BCUT2D eigenvalue weighted by atomic mass is 16.4. The first kappa shape index (κ1) is 8.32. The van der Waals surface area contributed by atoms with Gasteiger partial charge in [-0.15, -0.1) is 0 Å². The van der Waals surface area contributed by atoms with Crippen molar-refractivity contribution in [3.8, 4) is 0 Å². The number of aromatic nitrogens is 2. The van der Waals surface area contributed by atoms with Gasteiger partial charge >= 0.3 is 5.97 Å². The van der Waals surface area contributed by atoms with Gasteiger partial charge < -0.3 is 5.11 Å². The van der Waals surface area contributed by atoms with Crippen molar-refractivity contribution in [3.05, 3.63) is 23.3 Å². The minimum atomic E-state index is -1.16.